The molecule has 4 aliphatic heterocycles. The van der Waals surface area contributed by atoms with Crippen LogP contribution in [0.1, 0.15) is 27.5 Å². The normalized spacial score (nSPS) is 23.9. The number of ether oxygens (including phenoxy) is 4. The Bertz CT molecular complexity index is 1600. The van der Waals surface area contributed by atoms with Crippen LogP contribution in [0.2, 0.25) is 0 Å². The van der Waals surface area contributed by atoms with Crippen molar-refractivity contribution in [3.63, 3.8) is 0 Å². The van der Waals surface area contributed by atoms with Gasteiger partial charge in [0.05, 0.1) is 37.8 Å². The molecule has 0 spiro atoms. The van der Waals surface area contributed by atoms with Crippen molar-refractivity contribution < 1.29 is 33.3 Å². The van der Waals surface area contributed by atoms with E-state index in [-0.39, 0.29) is 11.7 Å². The Kier molecular flexibility index (Phi) is 5.55. The van der Waals surface area contributed by atoms with Gasteiger partial charge in [-0.3, -0.25) is 14.4 Å². The third kappa shape index (κ3) is 3.43. The van der Waals surface area contributed by atoms with Crippen molar-refractivity contribution in [2.24, 2.45) is 11.8 Å². The van der Waals surface area contributed by atoms with Crippen molar-refractivity contribution in [2.45, 2.75) is 12.1 Å². The molecule has 3 aromatic rings. The summed E-state index contributed by atoms with van der Waals surface area (Å²) >= 11 is 0. The van der Waals surface area contributed by atoms with E-state index >= 15 is 0 Å². The van der Waals surface area contributed by atoms with Crippen LogP contribution in [0, 0.1) is 11.8 Å². The highest BCUT2D eigenvalue weighted by atomic mass is 16.6. The average Bonchev–Trinajstić information content (AvgIpc) is 3.48. The summed E-state index contributed by atoms with van der Waals surface area (Å²) in [6.45, 7) is 0.814. The number of methoxy groups -OCH3 is 2. The molecule has 3 aromatic carbocycles. The minimum absolute atomic E-state index is 0.271. The zero-order valence-corrected chi connectivity index (χ0v) is 21.9. The van der Waals surface area contributed by atoms with Crippen LogP contribution in [-0.2, 0) is 9.59 Å². The predicted octanol–water partition coefficient (Wildman–Crippen LogP) is 3.87. The number of fused-ring (bicyclic) bond motifs is 6. The van der Waals surface area contributed by atoms with E-state index in [0.29, 0.717) is 47.5 Å². The molecule has 4 heterocycles. The van der Waals surface area contributed by atoms with Gasteiger partial charge in [-0.1, -0.05) is 24.3 Å². The highest BCUT2D eigenvalue weighted by molar-refractivity contribution is 6.24. The number of nitrogens with zero attached hydrogens (tertiary/aromatic N) is 2. The molecule has 2 amide bonds. The molecule has 0 saturated carbocycles. The van der Waals surface area contributed by atoms with Crippen molar-refractivity contribution in [1.82, 2.24) is 4.90 Å². The average molecular weight is 539 g/mol. The maximum Gasteiger partial charge on any atom is 0.240 e. The maximum absolute atomic E-state index is 14.2. The van der Waals surface area contributed by atoms with Crippen molar-refractivity contribution in [2.75, 3.05) is 32.3 Å². The van der Waals surface area contributed by atoms with E-state index in [0.717, 1.165) is 11.1 Å². The molecular weight excluding hydrogens is 512 g/mol. The van der Waals surface area contributed by atoms with Gasteiger partial charge in [0.15, 0.2) is 28.8 Å². The minimum Gasteiger partial charge on any atom is -0.493 e. The summed E-state index contributed by atoms with van der Waals surface area (Å²) in [4.78, 5) is 45.6. The first-order valence-corrected chi connectivity index (χ1v) is 13.1. The molecule has 0 radical (unpaired) electrons. The van der Waals surface area contributed by atoms with Gasteiger partial charge in [-0.2, -0.15) is 0 Å². The summed E-state index contributed by atoms with van der Waals surface area (Å²) in [5, 5.41) is 0. The third-order valence-corrected chi connectivity index (χ3v) is 8.18. The number of rotatable bonds is 5. The van der Waals surface area contributed by atoms with E-state index in [1.165, 1.54) is 19.1 Å². The van der Waals surface area contributed by atoms with Gasteiger partial charge >= 0.3 is 0 Å². The Morgan fingerprint density at radius 3 is 2.40 bits per heavy atom. The summed E-state index contributed by atoms with van der Waals surface area (Å²) in [7, 11) is 3.03. The predicted molar refractivity (Wildman–Crippen MR) is 145 cm³/mol. The second-order valence-corrected chi connectivity index (χ2v) is 10.1. The maximum atomic E-state index is 14.2. The van der Waals surface area contributed by atoms with E-state index in [1.54, 1.807) is 36.4 Å². The summed E-state index contributed by atoms with van der Waals surface area (Å²) in [5.41, 5.74) is 2.64. The molecule has 7 rings (SSSR count). The lowest BCUT2D eigenvalue weighted by Gasteiger charge is -2.35. The molecule has 2 saturated heterocycles. The zero-order chi connectivity index (χ0) is 27.5. The van der Waals surface area contributed by atoms with Gasteiger partial charge in [0, 0.05) is 17.8 Å². The molecule has 0 bridgehead atoms. The van der Waals surface area contributed by atoms with Crippen molar-refractivity contribution in [3.05, 3.63) is 83.6 Å². The Hall–Kier alpha value is -4.79. The lowest BCUT2D eigenvalue weighted by molar-refractivity contribution is -0.123. The van der Waals surface area contributed by atoms with Gasteiger partial charge in [-0.25, -0.2) is 4.90 Å². The first-order valence-electron chi connectivity index (χ1n) is 13.1. The number of Topliss-reactive ketones (excluding diaryl/α,β-unsaturated/α-hetero) is 1. The van der Waals surface area contributed by atoms with Crippen molar-refractivity contribution >= 4 is 29.4 Å². The molecule has 40 heavy (non-hydrogen) atoms. The lowest BCUT2D eigenvalue weighted by atomic mass is 9.83. The molecule has 9 heteroatoms. The number of anilines is 1. The van der Waals surface area contributed by atoms with E-state index in [9.17, 15) is 14.4 Å². The van der Waals surface area contributed by atoms with Gasteiger partial charge in [0.1, 0.15) is 19.3 Å². The molecule has 202 valence electrons. The van der Waals surface area contributed by atoms with Crippen LogP contribution in [0.4, 0.5) is 5.69 Å². The molecule has 4 aliphatic rings. The second-order valence-electron chi connectivity index (χ2n) is 10.1. The first kappa shape index (κ1) is 24.3. The summed E-state index contributed by atoms with van der Waals surface area (Å²) < 4.78 is 22.1. The van der Waals surface area contributed by atoms with Crippen LogP contribution in [-0.4, -0.2) is 56.0 Å². The number of ketones is 1. The largest absolute Gasteiger partial charge is 0.493 e. The Morgan fingerprint density at radius 2 is 1.60 bits per heavy atom. The summed E-state index contributed by atoms with van der Waals surface area (Å²) in [6, 6.07) is 16.4. The van der Waals surface area contributed by atoms with E-state index in [1.807, 2.05) is 41.4 Å². The van der Waals surface area contributed by atoms with Crippen LogP contribution in [0.25, 0.3) is 6.08 Å². The minimum atomic E-state index is -0.892. The number of benzene rings is 3. The molecule has 0 unspecified atom stereocenters. The van der Waals surface area contributed by atoms with Gasteiger partial charge in [-0.05, 0) is 47.5 Å². The summed E-state index contributed by atoms with van der Waals surface area (Å²) in [6.07, 6.45) is 3.76. The number of hydrogen-bond acceptors (Lipinski definition) is 8. The highest BCUT2D eigenvalue weighted by Gasteiger charge is 2.64. The van der Waals surface area contributed by atoms with Crippen molar-refractivity contribution in [1.29, 1.82) is 0 Å². The lowest BCUT2D eigenvalue weighted by Crippen LogP contribution is -2.44. The Labute approximate surface area is 230 Å². The SMILES string of the molecule is COc1ccc(C(=O)[C@@H]2[C@@H]3C(=O)N(c4ccc5c(c4)OCCO5)C(=O)[C@@H]3[C@@H]3c4ccccc4C=CN23)cc1OC. The number of hydrogen-bond donors (Lipinski definition) is 0. The quantitative estimate of drug-likeness (QED) is 0.357. The molecular formula is C31H26N2O7. The molecule has 0 aliphatic carbocycles. The molecule has 0 aromatic heterocycles. The molecule has 2 fully saturated rings. The van der Waals surface area contributed by atoms with Gasteiger partial charge < -0.3 is 23.8 Å². The van der Waals surface area contributed by atoms with Crippen LogP contribution in [0.15, 0.2) is 66.9 Å². The van der Waals surface area contributed by atoms with Crippen molar-refractivity contribution in [3.8, 4) is 23.0 Å². The second kappa shape index (κ2) is 9.15. The number of carbonyl (C=O) groups is 3. The zero-order valence-electron chi connectivity index (χ0n) is 21.9. The van der Waals surface area contributed by atoms with E-state index < -0.39 is 29.8 Å². The highest BCUT2D eigenvalue weighted by Crippen LogP contribution is 2.54. The topological polar surface area (TPSA) is 94.6 Å². The fourth-order valence-electron chi connectivity index (χ4n) is 6.44. The van der Waals surface area contributed by atoms with Gasteiger partial charge in [0.25, 0.3) is 0 Å². The monoisotopic (exact) mass is 538 g/mol. The van der Waals surface area contributed by atoms with Crippen LogP contribution < -0.4 is 23.8 Å². The fourth-order valence-corrected chi connectivity index (χ4v) is 6.44. The fraction of sp³-hybridized carbons (Fsp3) is 0.258. The molecule has 9 nitrogen and oxygen atoms in total. The van der Waals surface area contributed by atoms with E-state index in [4.69, 9.17) is 18.9 Å². The smallest absolute Gasteiger partial charge is 0.240 e. The Balaban J connectivity index is 1.34. The van der Waals surface area contributed by atoms with Crippen LogP contribution in [0.5, 0.6) is 23.0 Å². The summed E-state index contributed by atoms with van der Waals surface area (Å²) in [5.74, 6) is -0.716. The Morgan fingerprint density at radius 1 is 0.850 bits per heavy atom. The number of amides is 2. The van der Waals surface area contributed by atoms with Gasteiger partial charge in [-0.15, -0.1) is 0 Å². The third-order valence-electron chi connectivity index (χ3n) is 8.18. The number of carbonyl (C=O) groups excluding carboxylic acids is 3. The van der Waals surface area contributed by atoms with Crippen LogP contribution in [0.3, 0.4) is 0 Å². The van der Waals surface area contributed by atoms with E-state index in [2.05, 4.69) is 0 Å². The van der Waals surface area contributed by atoms with Crippen LogP contribution >= 0.6 is 0 Å². The number of imide groups is 1. The molecule has 4 atom stereocenters. The van der Waals surface area contributed by atoms with Gasteiger partial charge in [0.2, 0.25) is 11.8 Å². The standard InChI is InChI=1S/C31H26N2O7/c1-37-21-9-7-18(15-23(21)38-2)29(34)28-26-25(27-20-6-4-3-5-17(20)11-12-32(27)28)30(35)33(31(26)36)19-8-10-22-24(16-19)40-14-13-39-22/h3-12,15-16,25-28H,13-14H2,1-2H3/t25-,26+,27-,28-/m0/s1. The molecule has 0 N–H and O–H groups in total. The first-order chi connectivity index (χ1) is 19.5.